The maximum absolute atomic E-state index is 12.9. The number of carbonyl (C=O) groups is 2. The van der Waals surface area contributed by atoms with E-state index < -0.39 is 11.7 Å². The molecule has 10 heteroatoms. The van der Waals surface area contributed by atoms with Gasteiger partial charge in [0.15, 0.2) is 0 Å². The number of alkyl halides is 1. The van der Waals surface area contributed by atoms with Crippen molar-refractivity contribution >= 4 is 56.8 Å². The van der Waals surface area contributed by atoms with Gasteiger partial charge < -0.3 is 20.3 Å². The molecule has 0 atom stereocenters. The highest BCUT2D eigenvalue weighted by atomic mass is 79.9. The molecule has 0 bridgehead atoms. The summed E-state index contributed by atoms with van der Waals surface area (Å²) in [5, 5.41) is 7.30. The molecule has 0 aliphatic carbocycles. The Morgan fingerprint density at radius 2 is 1.97 bits per heavy atom. The van der Waals surface area contributed by atoms with Gasteiger partial charge in [-0.2, -0.15) is 0 Å². The highest BCUT2D eigenvalue weighted by molar-refractivity contribution is 9.08. The first-order chi connectivity index (χ1) is 16.4. The van der Waals surface area contributed by atoms with Crippen molar-refractivity contribution in [1.82, 2.24) is 15.6 Å². The molecule has 1 saturated heterocycles. The standard InChI is InChI=1S/C25H29BrCl2N4O3/c1-24(2,3)35-23(34)31-25(4)8-10-32(11-9-25)21-15-13-29-22(33)18(15)20(30-17(21)12-26)14-6-5-7-16(27)19(14)28/h5-7H,8-13H2,1-4H3,(H,29,33)(H,31,34). The number of pyridine rings is 1. The van der Waals surface area contributed by atoms with Gasteiger partial charge in [0, 0.05) is 41.6 Å². The molecule has 0 spiro atoms. The van der Waals surface area contributed by atoms with Crippen LogP contribution in [0.25, 0.3) is 11.3 Å². The van der Waals surface area contributed by atoms with Crippen molar-refractivity contribution in [3.8, 4) is 11.3 Å². The molecule has 3 heterocycles. The van der Waals surface area contributed by atoms with E-state index in [2.05, 4.69) is 31.5 Å². The van der Waals surface area contributed by atoms with Crippen molar-refractivity contribution < 1.29 is 14.3 Å². The average Bonchev–Trinajstić information content (AvgIpc) is 3.15. The van der Waals surface area contributed by atoms with Crippen molar-refractivity contribution in [3.05, 3.63) is 45.1 Å². The van der Waals surface area contributed by atoms with Gasteiger partial charge in [-0.3, -0.25) is 4.79 Å². The zero-order valence-corrected chi connectivity index (χ0v) is 23.3. The third-order valence-corrected chi connectivity index (χ3v) is 7.67. The number of piperidine rings is 1. The number of anilines is 1. The Hall–Kier alpha value is -2.03. The minimum atomic E-state index is -0.550. The molecule has 2 aliphatic heterocycles. The van der Waals surface area contributed by atoms with E-state index in [9.17, 15) is 9.59 Å². The summed E-state index contributed by atoms with van der Waals surface area (Å²) >= 11 is 16.4. The number of rotatable bonds is 4. The Kier molecular flexibility index (Phi) is 7.28. The highest BCUT2D eigenvalue weighted by Crippen LogP contribution is 2.42. The van der Waals surface area contributed by atoms with Gasteiger partial charge in [-0.15, -0.1) is 0 Å². The van der Waals surface area contributed by atoms with Crippen LogP contribution in [0.3, 0.4) is 0 Å². The summed E-state index contributed by atoms with van der Waals surface area (Å²) in [5.41, 5.74) is 3.47. The molecule has 1 fully saturated rings. The van der Waals surface area contributed by atoms with Gasteiger partial charge in [-0.1, -0.05) is 51.3 Å². The highest BCUT2D eigenvalue weighted by Gasteiger charge is 2.37. The third-order valence-electron chi connectivity index (χ3n) is 6.32. The molecule has 2 aliphatic rings. The van der Waals surface area contributed by atoms with Gasteiger partial charge in [-0.25, -0.2) is 9.78 Å². The summed E-state index contributed by atoms with van der Waals surface area (Å²) in [7, 11) is 0. The number of hydrogen-bond donors (Lipinski definition) is 2. The lowest BCUT2D eigenvalue weighted by molar-refractivity contribution is 0.0448. The molecular formula is C25H29BrCl2N4O3. The van der Waals surface area contributed by atoms with Gasteiger partial charge in [0.25, 0.3) is 5.91 Å². The zero-order chi connectivity index (χ0) is 25.5. The number of aromatic nitrogens is 1. The maximum Gasteiger partial charge on any atom is 0.408 e. The number of carbonyl (C=O) groups excluding carboxylic acids is 2. The molecule has 2 N–H and O–H groups in total. The molecule has 35 heavy (non-hydrogen) atoms. The van der Waals surface area contributed by atoms with E-state index in [0.29, 0.717) is 51.8 Å². The first-order valence-corrected chi connectivity index (χ1v) is 13.4. The molecule has 4 rings (SSSR count). The second-order valence-corrected chi connectivity index (χ2v) is 11.5. The lowest BCUT2D eigenvalue weighted by Gasteiger charge is -2.42. The molecule has 2 aromatic rings. The van der Waals surface area contributed by atoms with E-state index in [0.717, 1.165) is 29.8 Å². The lowest BCUT2D eigenvalue weighted by atomic mass is 9.88. The van der Waals surface area contributed by atoms with E-state index in [1.807, 2.05) is 33.8 Å². The second-order valence-electron chi connectivity index (χ2n) is 10.2. The number of hydrogen-bond acceptors (Lipinski definition) is 5. The lowest BCUT2D eigenvalue weighted by Crippen LogP contribution is -2.54. The van der Waals surface area contributed by atoms with Crippen LogP contribution >= 0.6 is 39.1 Å². The average molecular weight is 584 g/mol. The van der Waals surface area contributed by atoms with Crippen LogP contribution in [-0.4, -0.2) is 41.2 Å². The normalized spacial score (nSPS) is 17.1. The van der Waals surface area contributed by atoms with Gasteiger partial charge in [-0.05, 0) is 46.6 Å². The molecule has 0 radical (unpaired) electrons. The fraction of sp³-hybridized carbons (Fsp3) is 0.480. The predicted octanol–water partition coefficient (Wildman–Crippen LogP) is 6.08. The fourth-order valence-corrected chi connectivity index (χ4v) is 5.38. The van der Waals surface area contributed by atoms with Gasteiger partial charge in [0.05, 0.1) is 32.7 Å². The van der Waals surface area contributed by atoms with Gasteiger partial charge in [0.1, 0.15) is 5.60 Å². The number of halogens is 3. The molecule has 7 nitrogen and oxygen atoms in total. The van der Waals surface area contributed by atoms with Gasteiger partial charge >= 0.3 is 6.09 Å². The number of fused-ring (bicyclic) bond motifs is 1. The van der Waals surface area contributed by atoms with E-state index in [4.69, 9.17) is 32.9 Å². The van der Waals surface area contributed by atoms with Crippen molar-refractivity contribution in [3.63, 3.8) is 0 Å². The summed E-state index contributed by atoms with van der Waals surface area (Å²) in [5.74, 6) is -0.172. The van der Waals surface area contributed by atoms with E-state index in [1.165, 1.54) is 0 Å². The zero-order valence-electron chi connectivity index (χ0n) is 20.2. The Labute approximate surface area is 224 Å². The Bertz CT molecular complexity index is 1170. The predicted molar refractivity (Wildman–Crippen MR) is 143 cm³/mol. The topological polar surface area (TPSA) is 83.6 Å². The molecule has 0 unspecified atom stereocenters. The summed E-state index contributed by atoms with van der Waals surface area (Å²) < 4.78 is 5.45. The van der Waals surface area contributed by atoms with Crippen LogP contribution in [0, 0.1) is 0 Å². The monoisotopic (exact) mass is 582 g/mol. The largest absolute Gasteiger partial charge is 0.444 e. The van der Waals surface area contributed by atoms with Crippen LogP contribution in [0.1, 0.15) is 62.2 Å². The summed E-state index contributed by atoms with van der Waals surface area (Å²) in [6, 6.07) is 5.34. The first kappa shape index (κ1) is 26.0. The van der Waals surface area contributed by atoms with Gasteiger partial charge in [0.2, 0.25) is 0 Å². The number of benzene rings is 1. The molecule has 1 aromatic carbocycles. The van der Waals surface area contributed by atoms with Crippen molar-refractivity contribution in [2.24, 2.45) is 0 Å². The fourth-order valence-electron chi connectivity index (χ4n) is 4.60. The van der Waals surface area contributed by atoms with Crippen LogP contribution in [0.15, 0.2) is 18.2 Å². The number of amides is 2. The van der Waals surface area contributed by atoms with Crippen LogP contribution in [-0.2, 0) is 16.6 Å². The quantitative estimate of drug-likeness (QED) is 0.426. The number of ether oxygens (including phenoxy) is 1. The van der Waals surface area contributed by atoms with Crippen molar-refractivity contribution in [1.29, 1.82) is 0 Å². The van der Waals surface area contributed by atoms with E-state index in [-0.39, 0.29) is 11.4 Å². The number of alkyl carbamates (subject to hydrolysis) is 1. The molecule has 2 amide bonds. The smallest absolute Gasteiger partial charge is 0.408 e. The third kappa shape index (κ3) is 5.39. The molecular weight excluding hydrogens is 555 g/mol. The van der Waals surface area contributed by atoms with E-state index in [1.54, 1.807) is 12.1 Å². The number of nitrogens with one attached hydrogen (secondary N) is 2. The molecule has 0 saturated carbocycles. The summed E-state index contributed by atoms with van der Waals surface area (Å²) in [6.45, 7) is 9.41. The van der Waals surface area contributed by atoms with Crippen LogP contribution in [0.2, 0.25) is 10.0 Å². The van der Waals surface area contributed by atoms with E-state index >= 15 is 0 Å². The molecule has 188 valence electrons. The minimum absolute atomic E-state index is 0.172. The Morgan fingerprint density at radius 1 is 1.29 bits per heavy atom. The summed E-state index contributed by atoms with van der Waals surface area (Å²) in [6.07, 6.45) is 1.05. The van der Waals surface area contributed by atoms with Crippen LogP contribution in [0.5, 0.6) is 0 Å². The SMILES string of the molecule is CC1(NC(=O)OC(C)(C)C)CCN(c2c(CBr)nc(-c3cccc(Cl)c3Cl)c3c2CNC3=O)CC1. The van der Waals surface area contributed by atoms with Crippen LogP contribution < -0.4 is 15.5 Å². The van der Waals surface area contributed by atoms with Crippen molar-refractivity contribution in [2.45, 2.75) is 63.6 Å². The minimum Gasteiger partial charge on any atom is -0.444 e. The Morgan fingerprint density at radius 3 is 2.60 bits per heavy atom. The summed E-state index contributed by atoms with van der Waals surface area (Å²) in [4.78, 5) is 32.4. The van der Waals surface area contributed by atoms with Crippen LogP contribution in [0.4, 0.5) is 10.5 Å². The maximum atomic E-state index is 12.9. The number of nitrogens with zero attached hydrogens (tertiary/aromatic N) is 2. The van der Waals surface area contributed by atoms with Crippen molar-refractivity contribution in [2.75, 3.05) is 18.0 Å². The second kappa shape index (κ2) is 9.79. The Balaban J connectivity index is 1.65. The molecule has 1 aromatic heterocycles. The first-order valence-electron chi connectivity index (χ1n) is 11.5.